The second-order valence-corrected chi connectivity index (χ2v) is 5.36. The molecule has 0 spiro atoms. The Morgan fingerprint density at radius 1 is 1.30 bits per heavy atom. The summed E-state index contributed by atoms with van der Waals surface area (Å²) in [5.74, 6) is 0.907. The summed E-state index contributed by atoms with van der Waals surface area (Å²) < 4.78 is 7.33. The third kappa shape index (κ3) is 3.61. The predicted molar refractivity (Wildman–Crippen MR) is 78.8 cm³/mol. The Morgan fingerprint density at radius 3 is 2.80 bits per heavy atom. The summed E-state index contributed by atoms with van der Waals surface area (Å²) in [7, 11) is 1.69. The fourth-order valence-corrected chi connectivity index (χ4v) is 2.21. The highest BCUT2D eigenvalue weighted by atomic mass is 16.5. The van der Waals surface area contributed by atoms with Crippen molar-refractivity contribution in [1.82, 2.24) is 14.9 Å². The smallest absolute Gasteiger partial charge is 0.118 e. The number of imidazole rings is 1. The first-order valence-electron chi connectivity index (χ1n) is 7.20. The molecule has 0 amide bonds. The Balaban J connectivity index is 1.49. The van der Waals surface area contributed by atoms with Crippen LogP contribution < -0.4 is 10.1 Å². The van der Waals surface area contributed by atoms with Gasteiger partial charge in [-0.15, -0.1) is 0 Å². The number of methoxy groups -OCH3 is 1. The number of aromatic nitrogens is 2. The fourth-order valence-electron chi connectivity index (χ4n) is 2.21. The molecule has 0 bridgehead atoms. The molecule has 0 radical (unpaired) electrons. The van der Waals surface area contributed by atoms with Gasteiger partial charge in [0.2, 0.25) is 0 Å². The van der Waals surface area contributed by atoms with Crippen molar-refractivity contribution in [2.75, 3.05) is 7.11 Å². The molecule has 0 saturated heterocycles. The lowest BCUT2D eigenvalue weighted by Crippen LogP contribution is -2.15. The molecule has 0 aliphatic heterocycles. The third-order valence-electron chi connectivity index (χ3n) is 3.65. The van der Waals surface area contributed by atoms with E-state index in [1.165, 1.54) is 18.4 Å². The monoisotopic (exact) mass is 271 g/mol. The minimum atomic E-state index is 0.736. The molecule has 1 fully saturated rings. The van der Waals surface area contributed by atoms with Crippen molar-refractivity contribution in [2.24, 2.45) is 0 Å². The Morgan fingerprint density at radius 2 is 2.10 bits per heavy atom. The Hall–Kier alpha value is -1.81. The van der Waals surface area contributed by atoms with Crippen LogP contribution in [0.5, 0.6) is 5.75 Å². The molecule has 3 rings (SSSR count). The molecule has 1 saturated carbocycles. The predicted octanol–water partition coefficient (Wildman–Crippen LogP) is 2.39. The summed E-state index contributed by atoms with van der Waals surface area (Å²) in [6, 6.07) is 8.98. The molecule has 1 N–H and O–H groups in total. The van der Waals surface area contributed by atoms with Crippen molar-refractivity contribution in [3.63, 3.8) is 0 Å². The number of rotatable bonds is 7. The lowest BCUT2D eigenvalue weighted by Gasteiger charge is -2.04. The van der Waals surface area contributed by atoms with E-state index in [9.17, 15) is 0 Å². The standard InChI is InChI=1S/C16H21N3O/c1-20-16-6-2-13(3-7-16)8-9-19-11-15(18-12-19)10-17-14-4-5-14/h2-3,6-7,11-12,14,17H,4-5,8-10H2,1H3. The number of hydrogen-bond donors (Lipinski definition) is 1. The number of ether oxygens (including phenoxy) is 1. The van der Waals surface area contributed by atoms with E-state index in [0.717, 1.165) is 37.0 Å². The maximum absolute atomic E-state index is 5.16. The SMILES string of the molecule is COc1ccc(CCn2cnc(CNC3CC3)c2)cc1. The summed E-state index contributed by atoms with van der Waals surface area (Å²) in [5.41, 5.74) is 2.45. The van der Waals surface area contributed by atoms with Crippen molar-refractivity contribution < 1.29 is 4.74 Å². The van der Waals surface area contributed by atoms with E-state index in [1.54, 1.807) is 7.11 Å². The van der Waals surface area contributed by atoms with Gasteiger partial charge in [-0.1, -0.05) is 12.1 Å². The van der Waals surface area contributed by atoms with E-state index in [4.69, 9.17) is 4.74 Å². The number of nitrogens with zero attached hydrogens (tertiary/aromatic N) is 2. The van der Waals surface area contributed by atoms with Crippen LogP contribution in [-0.2, 0) is 19.5 Å². The van der Waals surface area contributed by atoms with E-state index in [-0.39, 0.29) is 0 Å². The molecular formula is C16H21N3O. The quantitative estimate of drug-likeness (QED) is 0.840. The van der Waals surface area contributed by atoms with E-state index < -0.39 is 0 Å². The molecule has 1 aliphatic rings. The lowest BCUT2D eigenvalue weighted by atomic mass is 10.1. The minimum Gasteiger partial charge on any atom is -0.497 e. The van der Waals surface area contributed by atoms with Gasteiger partial charge in [-0.25, -0.2) is 4.98 Å². The van der Waals surface area contributed by atoms with Crippen LogP contribution in [0.2, 0.25) is 0 Å². The maximum Gasteiger partial charge on any atom is 0.118 e. The third-order valence-corrected chi connectivity index (χ3v) is 3.65. The van der Waals surface area contributed by atoms with Gasteiger partial charge in [0.1, 0.15) is 5.75 Å². The van der Waals surface area contributed by atoms with Crippen LogP contribution in [-0.4, -0.2) is 22.7 Å². The van der Waals surface area contributed by atoms with Crippen LogP contribution in [0, 0.1) is 0 Å². The molecule has 20 heavy (non-hydrogen) atoms. The molecular weight excluding hydrogens is 250 g/mol. The zero-order valence-corrected chi connectivity index (χ0v) is 11.9. The van der Waals surface area contributed by atoms with E-state index >= 15 is 0 Å². The van der Waals surface area contributed by atoms with Gasteiger partial charge >= 0.3 is 0 Å². The average Bonchev–Trinajstić information content (AvgIpc) is 3.22. The maximum atomic E-state index is 5.16. The van der Waals surface area contributed by atoms with Crippen LogP contribution in [0.4, 0.5) is 0 Å². The average molecular weight is 271 g/mol. The van der Waals surface area contributed by atoms with Gasteiger partial charge in [0, 0.05) is 25.3 Å². The van der Waals surface area contributed by atoms with Gasteiger partial charge in [0.25, 0.3) is 0 Å². The van der Waals surface area contributed by atoms with Crippen molar-refractivity contribution in [3.05, 3.63) is 48.0 Å². The molecule has 2 aromatic rings. The molecule has 106 valence electrons. The molecule has 1 aromatic heterocycles. The molecule has 1 aliphatic carbocycles. The summed E-state index contributed by atoms with van der Waals surface area (Å²) in [6.45, 7) is 1.85. The lowest BCUT2D eigenvalue weighted by molar-refractivity contribution is 0.414. The summed E-state index contributed by atoms with van der Waals surface area (Å²) in [5, 5.41) is 3.48. The molecule has 4 heteroatoms. The van der Waals surface area contributed by atoms with Crippen LogP contribution in [0.3, 0.4) is 0 Å². The van der Waals surface area contributed by atoms with Gasteiger partial charge in [-0.3, -0.25) is 0 Å². The van der Waals surface area contributed by atoms with Gasteiger partial charge < -0.3 is 14.6 Å². The number of aryl methyl sites for hydroxylation is 2. The van der Waals surface area contributed by atoms with E-state index in [2.05, 4.69) is 33.2 Å². The van der Waals surface area contributed by atoms with Crippen LogP contribution in [0.25, 0.3) is 0 Å². The molecule has 4 nitrogen and oxygen atoms in total. The fraction of sp³-hybridized carbons (Fsp3) is 0.438. The highest BCUT2D eigenvalue weighted by molar-refractivity contribution is 5.27. The van der Waals surface area contributed by atoms with Crippen molar-refractivity contribution in [3.8, 4) is 5.75 Å². The summed E-state index contributed by atoms with van der Waals surface area (Å²) >= 11 is 0. The molecule has 1 heterocycles. The second-order valence-electron chi connectivity index (χ2n) is 5.36. The van der Waals surface area contributed by atoms with Gasteiger partial charge in [0.05, 0.1) is 19.1 Å². The minimum absolute atomic E-state index is 0.736. The van der Waals surface area contributed by atoms with E-state index in [1.807, 2.05) is 18.5 Å². The molecule has 0 unspecified atom stereocenters. The van der Waals surface area contributed by atoms with Crippen LogP contribution >= 0.6 is 0 Å². The zero-order chi connectivity index (χ0) is 13.8. The van der Waals surface area contributed by atoms with Gasteiger partial charge in [-0.2, -0.15) is 0 Å². The zero-order valence-electron chi connectivity index (χ0n) is 11.9. The number of benzene rings is 1. The van der Waals surface area contributed by atoms with Crippen LogP contribution in [0.15, 0.2) is 36.8 Å². The van der Waals surface area contributed by atoms with Gasteiger partial charge in [-0.05, 0) is 37.0 Å². The molecule has 1 aromatic carbocycles. The topological polar surface area (TPSA) is 39.1 Å². The Kier molecular flexibility index (Phi) is 4.02. The largest absolute Gasteiger partial charge is 0.497 e. The van der Waals surface area contributed by atoms with Crippen molar-refractivity contribution in [2.45, 2.75) is 38.4 Å². The Labute approximate surface area is 119 Å². The first kappa shape index (κ1) is 13.2. The van der Waals surface area contributed by atoms with E-state index in [0.29, 0.717) is 0 Å². The normalized spacial score (nSPS) is 14.4. The van der Waals surface area contributed by atoms with Crippen LogP contribution in [0.1, 0.15) is 24.1 Å². The second kappa shape index (κ2) is 6.09. The highest BCUT2D eigenvalue weighted by Crippen LogP contribution is 2.19. The summed E-state index contributed by atoms with van der Waals surface area (Å²) in [6.07, 6.45) is 7.71. The first-order valence-corrected chi connectivity index (χ1v) is 7.20. The first-order chi connectivity index (χ1) is 9.83. The van der Waals surface area contributed by atoms with Crippen molar-refractivity contribution in [1.29, 1.82) is 0 Å². The number of nitrogens with one attached hydrogen (secondary N) is 1. The van der Waals surface area contributed by atoms with Crippen molar-refractivity contribution >= 4 is 0 Å². The summed E-state index contributed by atoms with van der Waals surface area (Å²) in [4.78, 5) is 4.44. The van der Waals surface area contributed by atoms with Gasteiger partial charge in [0.15, 0.2) is 0 Å². The molecule has 0 atom stereocenters. The highest BCUT2D eigenvalue weighted by Gasteiger charge is 2.20. The number of hydrogen-bond acceptors (Lipinski definition) is 3. The Bertz CT molecular complexity index is 543.